The molecule has 0 aromatic carbocycles. The third-order valence-corrected chi connectivity index (χ3v) is 4.95. The fourth-order valence-corrected chi connectivity index (χ4v) is 3.55. The first kappa shape index (κ1) is 17.6. The summed E-state index contributed by atoms with van der Waals surface area (Å²) in [6, 6.07) is 2.29. The highest BCUT2D eigenvalue weighted by Gasteiger charge is 2.21. The van der Waals surface area contributed by atoms with Crippen LogP contribution in [0.5, 0.6) is 11.9 Å². The van der Waals surface area contributed by atoms with Crippen molar-refractivity contribution in [1.82, 2.24) is 19.9 Å². The molecule has 1 aliphatic heterocycles. The molecule has 0 radical (unpaired) electrons. The molecule has 3 aromatic rings. The molecule has 8 nitrogen and oxygen atoms in total. The summed E-state index contributed by atoms with van der Waals surface area (Å²) in [4.78, 5) is 20.1. The van der Waals surface area contributed by atoms with Crippen LogP contribution in [-0.4, -0.2) is 60.5 Å². The van der Waals surface area contributed by atoms with Gasteiger partial charge in [0, 0.05) is 31.0 Å². The lowest BCUT2D eigenvalue weighted by molar-refractivity contribution is 0.122. The first-order valence-electron chi connectivity index (χ1n) is 8.48. The Morgan fingerprint density at radius 3 is 2.56 bits per heavy atom. The van der Waals surface area contributed by atoms with E-state index in [2.05, 4.69) is 25.2 Å². The summed E-state index contributed by atoms with van der Waals surface area (Å²) in [6.45, 7) is 2.85. The number of methoxy groups -OCH3 is 2. The molecule has 27 heavy (non-hydrogen) atoms. The van der Waals surface area contributed by atoms with Crippen molar-refractivity contribution in [3.8, 4) is 34.3 Å². The van der Waals surface area contributed by atoms with Crippen molar-refractivity contribution < 1.29 is 14.2 Å². The first-order chi connectivity index (χ1) is 13.3. The van der Waals surface area contributed by atoms with Crippen molar-refractivity contribution in [2.75, 3.05) is 45.4 Å². The monoisotopic (exact) mass is 385 g/mol. The number of nitrogens with zero attached hydrogens (tertiary/aromatic N) is 5. The molecular formula is C18H19N5O3S. The van der Waals surface area contributed by atoms with Gasteiger partial charge in [-0.25, -0.2) is 15.0 Å². The van der Waals surface area contributed by atoms with Crippen LogP contribution in [0.3, 0.4) is 0 Å². The van der Waals surface area contributed by atoms with Gasteiger partial charge >= 0.3 is 6.01 Å². The molecule has 140 valence electrons. The Labute approximate surface area is 160 Å². The highest BCUT2D eigenvalue weighted by Crippen LogP contribution is 2.36. The molecule has 1 aliphatic rings. The average molecular weight is 385 g/mol. The summed E-state index contributed by atoms with van der Waals surface area (Å²) in [7, 11) is 3.09. The molecule has 1 fully saturated rings. The average Bonchev–Trinajstić information content (AvgIpc) is 3.28. The van der Waals surface area contributed by atoms with Gasteiger partial charge in [0.1, 0.15) is 0 Å². The van der Waals surface area contributed by atoms with Crippen LogP contribution in [0.4, 0.5) is 5.95 Å². The molecule has 0 atom stereocenters. The molecule has 0 unspecified atom stereocenters. The van der Waals surface area contributed by atoms with Crippen LogP contribution in [0.1, 0.15) is 0 Å². The van der Waals surface area contributed by atoms with Gasteiger partial charge in [-0.3, -0.25) is 0 Å². The summed E-state index contributed by atoms with van der Waals surface area (Å²) >= 11 is 1.62. The summed E-state index contributed by atoms with van der Waals surface area (Å²) in [5.41, 5.74) is 3.36. The van der Waals surface area contributed by atoms with Crippen molar-refractivity contribution in [2.45, 2.75) is 0 Å². The first-order valence-corrected chi connectivity index (χ1v) is 9.42. The van der Waals surface area contributed by atoms with E-state index in [1.165, 1.54) is 7.11 Å². The van der Waals surface area contributed by atoms with E-state index in [4.69, 9.17) is 19.2 Å². The Balaban J connectivity index is 1.85. The maximum absolute atomic E-state index is 5.48. The zero-order chi connectivity index (χ0) is 18.6. The molecule has 0 N–H and O–H groups in total. The standard InChI is InChI=1S/C18H19N5O3S/c1-24-16-14(10-20-18(22-16)25-2)15-13(12-3-8-27-11-12)9-19-17(21-15)23-4-6-26-7-5-23/h3,8-11H,4-7H2,1-2H3. The molecule has 0 bridgehead atoms. The third kappa shape index (κ3) is 3.56. The number of anilines is 1. The highest BCUT2D eigenvalue weighted by molar-refractivity contribution is 7.08. The Bertz CT molecular complexity index is 913. The van der Waals surface area contributed by atoms with Gasteiger partial charge in [-0.2, -0.15) is 16.3 Å². The third-order valence-electron chi connectivity index (χ3n) is 4.26. The maximum atomic E-state index is 5.48. The predicted octanol–water partition coefficient (Wildman–Crippen LogP) is 2.52. The van der Waals surface area contributed by atoms with Gasteiger partial charge in [-0.05, 0) is 22.4 Å². The fourth-order valence-electron chi connectivity index (χ4n) is 2.89. The molecule has 3 aromatic heterocycles. The van der Waals surface area contributed by atoms with Gasteiger partial charge in [0.25, 0.3) is 0 Å². The fraction of sp³-hybridized carbons (Fsp3) is 0.333. The van der Waals surface area contributed by atoms with Crippen LogP contribution >= 0.6 is 11.3 Å². The van der Waals surface area contributed by atoms with E-state index in [1.54, 1.807) is 24.6 Å². The van der Waals surface area contributed by atoms with Crippen molar-refractivity contribution in [2.24, 2.45) is 0 Å². The topological polar surface area (TPSA) is 82.5 Å². The van der Waals surface area contributed by atoms with E-state index in [9.17, 15) is 0 Å². The molecule has 4 rings (SSSR count). The van der Waals surface area contributed by atoms with Crippen LogP contribution in [0.2, 0.25) is 0 Å². The number of rotatable bonds is 5. The molecule has 0 saturated carbocycles. The summed E-state index contributed by atoms with van der Waals surface area (Å²) < 4.78 is 16.0. The van der Waals surface area contributed by atoms with Gasteiger partial charge in [-0.1, -0.05) is 0 Å². The molecule has 0 amide bonds. The second-order valence-electron chi connectivity index (χ2n) is 5.82. The number of hydrogen-bond donors (Lipinski definition) is 0. The van der Waals surface area contributed by atoms with Crippen LogP contribution in [0.15, 0.2) is 29.2 Å². The van der Waals surface area contributed by atoms with Crippen molar-refractivity contribution >= 4 is 17.3 Å². The van der Waals surface area contributed by atoms with E-state index < -0.39 is 0 Å². The molecule has 1 saturated heterocycles. The zero-order valence-electron chi connectivity index (χ0n) is 15.1. The van der Waals surface area contributed by atoms with Gasteiger partial charge in [-0.15, -0.1) is 0 Å². The molecule has 0 aliphatic carbocycles. The summed E-state index contributed by atoms with van der Waals surface area (Å²) in [6.07, 6.45) is 3.52. The second-order valence-corrected chi connectivity index (χ2v) is 6.60. The summed E-state index contributed by atoms with van der Waals surface area (Å²) in [5, 5.41) is 4.09. The molecule has 0 spiro atoms. The zero-order valence-corrected chi connectivity index (χ0v) is 15.9. The number of morpholine rings is 1. The SMILES string of the molecule is COc1ncc(-c2nc(N3CCOCC3)ncc2-c2ccsc2)c(OC)n1. The predicted molar refractivity (Wildman–Crippen MR) is 103 cm³/mol. The normalized spacial score (nSPS) is 14.2. The van der Waals surface area contributed by atoms with Crippen LogP contribution in [0, 0.1) is 0 Å². The largest absolute Gasteiger partial charge is 0.480 e. The van der Waals surface area contributed by atoms with Crippen LogP contribution < -0.4 is 14.4 Å². The van der Waals surface area contributed by atoms with E-state index in [0.29, 0.717) is 30.6 Å². The maximum Gasteiger partial charge on any atom is 0.319 e. The van der Waals surface area contributed by atoms with Gasteiger partial charge in [0.05, 0.1) is 38.7 Å². The number of ether oxygens (including phenoxy) is 3. The van der Waals surface area contributed by atoms with Crippen LogP contribution in [-0.2, 0) is 4.74 Å². The van der Waals surface area contributed by atoms with Crippen molar-refractivity contribution in [3.05, 3.63) is 29.2 Å². The van der Waals surface area contributed by atoms with E-state index in [-0.39, 0.29) is 6.01 Å². The minimum Gasteiger partial charge on any atom is -0.480 e. The number of hydrogen-bond acceptors (Lipinski definition) is 9. The lowest BCUT2D eigenvalue weighted by atomic mass is 10.1. The lowest BCUT2D eigenvalue weighted by Crippen LogP contribution is -2.37. The minimum atomic E-state index is 0.246. The molecular weight excluding hydrogens is 366 g/mol. The van der Waals surface area contributed by atoms with Crippen molar-refractivity contribution in [1.29, 1.82) is 0 Å². The highest BCUT2D eigenvalue weighted by atomic mass is 32.1. The Hall–Kier alpha value is -2.78. The van der Waals surface area contributed by atoms with E-state index >= 15 is 0 Å². The van der Waals surface area contributed by atoms with E-state index in [1.807, 2.05) is 17.6 Å². The lowest BCUT2D eigenvalue weighted by Gasteiger charge is -2.27. The Morgan fingerprint density at radius 2 is 1.85 bits per heavy atom. The second kappa shape index (κ2) is 7.85. The number of thiophene rings is 1. The quantitative estimate of drug-likeness (QED) is 0.663. The van der Waals surface area contributed by atoms with Gasteiger partial charge in [0.15, 0.2) is 0 Å². The van der Waals surface area contributed by atoms with Gasteiger partial charge < -0.3 is 19.1 Å². The van der Waals surface area contributed by atoms with Gasteiger partial charge in [0.2, 0.25) is 11.8 Å². The van der Waals surface area contributed by atoms with E-state index in [0.717, 1.165) is 29.9 Å². The number of aromatic nitrogens is 4. The molecule has 9 heteroatoms. The smallest absolute Gasteiger partial charge is 0.319 e. The van der Waals surface area contributed by atoms with Crippen molar-refractivity contribution in [3.63, 3.8) is 0 Å². The van der Waals surface area contributed by atoms with Crippen LogP contribution in [0.25, 0.3) is 22.4 Å². The minimum absolute atomic E-state index is 0.246. The molecule has 4 heterocycles. The Morgan fingerprint density at radius 1 is 1.04 bits per heavy atom. The Kier molecular flexibility index (Phi) is 5.12. The summed E-state index contributed by atoms with van der Waals surface area (Å²) in [5.74, 6) is 1.06.